The van der Waals surface area contributed by atoms with Crippen molar-refractivity contribution in [3.63, 3.8) is 0 Å². The molecule has 1 aromatic rings. The van der Waals surface area contributed by atoms with Gasteiger partial charge in [-0.15, -0.1) is 24.0 Å². The van der Waals surface area contributed by atoms with Crippen LogP contribution in [0.2, 0.25) is 0 Å². The Morgan fingerprint density at radius 1 is 1.04 bits per heavy atom. The predicted octanol–water partition coefficient (Wildman–Crippen LogP) is 4.10. The number of benzene rings is 1. The zero-order chi connectivity index (χ0) is 17.6. The highest BCUT2D eigenvalue weighted by Crippen LogP contribution is 2.26. The van der Waals surface area contributed by atoms with E-state index in [1.165, 1.54) is 5.56 Å². The highest BCUT2D eigenvalue weighted by Gasteiger charge is 2.21. The quantitative estimate of drug-likeness (QED) is 0.374. The largest absolute Gasteiger partial charge is 0.493 e. The standard InChI is InChI=1S/C19H33N3O.HI/c1-15(2)13-23-17-11-9-16(10-12-17)19(3,4)14-20-18(21(5)6)22(7)8;/h9-12,15H,13-14H2,1-8H3;1H. The van der Waals surface area contributed by atoms with Gasteiger partial charge < -0.3 is 14.5 Å². The smallest absolute Gasteiger partial charge is 0.195 e. The van der Waals surface area contributed by atoms with E-state index < -0.39 is 0 Å². The van der Waals surface area contributed by atoms with E-state index in [0.29, 0.717) is 5.92 Å². The molecule has 0 aliphatic carbocycles. The topological polar surface area (TPSA) is 28.1 Å². The third-order valence-electron chi connectivity index (χ3n) is 3.63. The van der Waals surface area contributed by atoms with Gasteiger partial charge in [-0.1, -0.05) is 39.8 Å². The summed E-state index contributed by atoms with van der Waals surface area (Å²) < 4.78 is 5.76. The first-order valence-corrected chi connectivity index (χ1v) is 8.26. The van der Waals surface area contributed by atoms with Crippen molar-refractivity contribution < 1.29 is 4.74 Å². The summed E-state index contributed by atoms with van der Waals surface area (Å²) in [6.07, 6.45) is 0. The molecule has 0 atom stereocenters. The van der Waals surface area contributed by atoms with Crippen molar-refractivity contribution in [2.75, 3.05) is 41.3 Å². The summed E-state index contributed by atoms with van der Waals surface area (Å²) >= 11 is 0. The van der Waals surface area contributed by atoms with E-state index in [1.54, 1.807) is 0 Å². The van der Waals surface area contributed by atoms with Gasteiger partial charge in [0.2, 0.25) is 0 Å². The average molecular weight is 447 g/mol. The summed E-state index contributed by atoms with van der Waals surface area (Å²) in [4.78, 5) is 8.87. The molecule has 0 bridgehead atoms. The number of guanidine groups is 1. The molecule has 0 N–H and O–H groups in total. The van der Waals surface area contributed by atoms with Gasteiger partial charge in [-0.25, -0.2) is 0 Å². The van der Waals surface area contributed by atoms with Crippen LogP contribution >= 0.6 is 24.0 Å². The van der Waals surface area contributed by atoms with Gasteiger partial charge in [0.15, 0.2) is 5.96 Å². The SMILES string of the molecule is CC(C)COc1ccc(C(C)(C)CN=C(N(C)C)N(C)C)cc1.I. The summed E-state index contributed by atoms with van der Waals surface area (Å²) in [7, 11) is 8.08. The molecule has 0 unspecified atom stereocenters. The van der Waals surface area contributed by atoms with Gasteiger partial charge in [-0.2, -0.15) is 0 Å². The number of rotatable bonds is 6. The maximum atomic E-state index is 5.76. The van der Waals surface area contributed by atoms with Crippen molar-refractivity contribution in [2.45, 2.75) is 33.1 Å². The molecule has 0 aliphatic heterocycles. The average Bonchev–Trinajstić information content (AvgIpc) is 2.44. The third-order valence-corrected chi connectivity index (χ3v) is 3.63. The molecule has 0 radical (unpaired) electrons. The van der Waals surface area contributed by atoms with Gasteiger partial charge in [-0.3, -0.25) is 4.99 Å². The Balaban J connectivity index is 0.00000529. The fraction of sp³-hybridized carbons (Fsp3) is 0.632. The summed E-state index contributed by atoms with van der Waals surface area (Å²) in [5.41, 5.74) is 1.25. The zero-order valence-corrected chi connectivity index (χ0v) is 18.8. The minimum atomic E-state index is -0.0200. The van der Waals surface area contributed by atoms with Gasteiger partial charge in [0, 0.05) is 33.6 Å². The Kier molecular flexibility index (Phi) is 9.70. The lowest BCUT2D eigenvalue weighted by molar-refractivity contribution is 0.271. The van der Waals surface area contributed by atoms with Gasteiger partial charge >= 0.3 is 0 Å². The van der Waals surface area contributed by atoms with Crippen LogP contribution in [-0.2, 0) is 5.41 Å². The second kappa shape index (κ2) is 10.1. The van der Waals surface area contributed by atoms with Crippen molar-refractivity contribution in [3.8, 4) is 5.75 Å². The van der Waals surface area contributed by atoms with E-state index in [9.17, 15) is 0 Å². The molecule has 0 amide bonds. The van der Waals surface area contributed by atoms with Crippen molar-refractivity contribution in [2.24, 2.45) is 10.9 Å². The third kappa shape index (κ3) is 7.28. The minimum Gasteiger partial charge on any atom is -0.493 e. The number of hydrogen-bond acceptors (Lipinski definition) is 2. The second-order valence-corrected chi connectivity index (χ2v) is 7.52. The summed E-state index contributed by atoms with van der Waals surface area (Å²) in [5.74, 6) is 2.45. The first-order valence-electron chi connectivity index (χ1n) is 8.26. The van der Waals surface area contributed by atoms with E-state index in [1.807, 2.05) is 38.0 Å². The number of aliphatic imine (C=N–C) groups is 1. The molecule has 0 heterocycles. The maximum Gasteiger partial charge on any atom is 0.195 e. The van der Waals surface area contributed by atoms with Crippen LogP contribution < -0.4 is 4.74 Å². The highest BCUT2D eigenvalue weighted by molar-refractivity contribution is 14.0. The first kappa shape index (κ1) is 23.0. The normalized spacial score (nSPS) is 10.9. The fourth-order valence-corrected chi connectivity index (χ4v) is 2.31. The van der Waals surface area contributed by atoms with Crippen molar-refractivity contribution in [1.82, 2.24) is 9.80 Å². The number of hydrogen-bond donors (Lipinski definition) is 0. The molecule has 0 fully saturated rings. The fourth-order valence-electron chi connectivity index (χ4n) is 2.31. The molecule has 1 rings (SSSR count). The minimum absolute atomic E-state index is 0. The van der Waals surface area contributed by atoms with E-state index in [2.05, 4.69) is 52.0 Å². The molecular weight excluding hydrogens is 413 g/mol. The van der Waals surface area contributed by atoms with Gasteiger partial charge in [0.05, 0.1) is 13.2 Å². The molecule has 5 heteroatoms. The summed E-state index contributed by atoms with van der Waals surface area (Å²) in [6, 6.07) is 8.41. The van der Waals surface area contributed by atoms with Crippen LogP contribution in [0.3, 0.4) is 0 Å². The predicted molar refractivity (Wildman–Crippen MR) is 115 cm³/mol. The molecular formula is C19H34IN3O. The van der Waals surface area contributed by atoms with Crippen molar-refractivity contribution >= 4 is 29.9 Å². The molecule has 0 saturated carbocycles. The van der Waals surface area contributed by atoms with Crippen LogP contribution in [0.1, 0.15) is 33.3 Å². The molecule has 0 saturated heterocycles. The van der Waals surface area contributed by atoms with Crippen LogP contribution in [0.4, 0.5) is 0 Å². The Labute approximate surface area is 165 Å². The molecule has 0 aromatic heterocycles. The Morgan fingerprint density at radius 2 is 1.54 bits per heavy atom. The van der Waals surface area contributed by atoms with Crippen molar-refractivity contribution in [1.29, 1.82) is 0 Å². The number of ether oxygens (including phenoxy) is 1. The first-order chi connectivity index (χ1) is 10.6. The summed E-state index contributed by atoms with van der Waals surface area (Å²) in [6.45, 7) is 10.3. The van der Waals surface area contributed by atoms with E-state index in [0.717, 1.165) is 24.9 Å². The Hall–Kier alpha value is -0.980. The zero-order valence-electron chi connectivity index (χ0n) is 16.5. The number of halogens is 1. The molecule has 138 valence electrons. The van der Waals surface area contributed by atoms with E-state index in [-0.39, 0.29) is 29.4 Å². The molecule has 0 aliphatic rings. The van der Waals surface area contributed by atoms with Gasteiger partial charge in [0.1, 0.15) is 5.75 Å². The van der Waals surface area contributed by atoms with Gasteiger partial charge in [0.25, 0.3) is 0 Å². The van der Waals surface area contributed by atoms with E-state index in [4.69, 9.17) is 9.73 Å². The Morgan fingerprint density at radius 3 is 1.96 bits per heavy atom. The summed E-state index contributed by atoms with van der Waals surface area (Å²) in [5, 5.41) is 0. The van der Waals surface area contributed by atoms with Crippen LogP contribution in [0.25, 0.3) is 0 Å². The van der Waals surface area contributed by atoms with Crippen LogP contribution in [-0.4, -0.2) is 57.1 Å². The maximum absolute atomic E-state index is 5.76. The molecule has 4 nitrogen and oxygen atoms in total. The van der Waals surface area contributed by atoms with E-state index >= 15 is 0 Å². The van der Waals surface area contributed by atoms with Crippen LogP contribution in [0.5, 0.6) is 5.75 Å². The van der Waals surface area contributed by atoms with Crippen molar-refractivity contribution in [3.05, 3.63) is 29.8 Å². The second-order valence-electron chi connectivity index (χ2n) is 7.52. The lowest BCUT2D eigenvalue weighted by Crippen LogP contribution is -2.36. The molecule has 24 heavy (non-hydrogen) atoms. The number of nitrogens with zero attached hydrogens (tertiary/aromatic N) is 3. The molecule has 0 spiro atoms. The van der Waals surface area contributed by atoms with Gasteiger partial charge in [-0.05, 0) is 23.6 Å². The molecule has 1 aromatic carbocycles. The lowest BCUT2D eigenvalue weighted by Gasteiger charge is -2.27. The lowest BCUT2D eigenvalue weighted by atomic mass is 9.85. The Bertz CT molecular complexity index is 498. The van der Waals surface area contributed by atoms with Crippen LogP contribution in [0.15, 0.2) is 29.3 Å². The highest BCUT2D eigenvalue weighted by atomic mass is 127. The monoisotopic (exact) mass is 447 g/mol. The van der Waals surface area contributed by atoms with Crippen LogP contribution in [0, 0.1) is 5.92 Å².